The van der Waals surface area contributed by atoms with Crippen molar-refractivity contribution in [3.8, 4) is 11.4 Å². The molecule has 0 bridgehead atoms. The summed E-state index contributed by atoms with van der Waals surface area (Å²) in [6, 6.07) is 15.8. The largest absolute Gasteiger partial charge is 0.481 e. The maximum atomic E-state index is 12.6. The molecular weight excluding hydrogens is 410 g/mol. The number of Topliss-reactive ketones (excluding diaryl/α,β-unsaturated/α-hetero) is 1. The van der Waals surface area contributed by atoms with Crippen LogP contribution in [0.1, 0.15) is 47.5 Å². The summed E-state index contributed by atoms with van der Waals surface area (Å²) in [4.78, 5) is 36.6. The summed E-state index contributed by atoms with van der Waals surface area (Å²) in [5.41, 5.74) is 1.78. The first-order valence-corrected chi connectivity index (χ1v) is 10.4. The predicted octanol–water partition coefficient (Wildman–Crippen LogP) is 4.05. The second-order valence-corrected chi connectivity index (χ2v) is 6.93. The van der Waals surface area contributed by atoms with Gasteiger partial charge in [0.1, 0.15) is 0 Å². The van der Waals surface area contributed by atoms with Crippen LogP contribution in [0, 0.1) is 0 Å². The number of carbonyl (C=O) groups is 3. The fourth-order valence-corrected chi connectivity index (χ4v) is 2.93. The Morgan fingerprint density at radius 1 is 1.00 bits per heavy atom. The molecular formula is C24H25N3O5. The molecule has 0 unspecified atom stereocenters. The summed E-state index contributed by atoms with van der Waals surface area (Å²) >= 11 is 0. The van der Waals surface area contributed by atoms with Crippen molar-refractivity contribution in [2.45, 2.75) is 26.7 Å². The van der Waals surface area contributed by atoms with E-state index < -0.39 is 5.97 Å². The zero-order valence-electron chi connectivity index (χ0n) is 18.0. The van der Waals surface area contributed by atoms with Gasteiger partial charge in [0, 0.05) is 17.7 Å². The molecule has 3 rings (SSSR count). The van der Waals surface area contributed by atoms with Crippen LogP contribution in [0.4, 0.5) is 5.69 Å². The van der Waals surface area contributed by atoms with Crippen LogP contribution >= 0.6 is 0 Å². The normalized spacial score (nSPS) is 10.4. The highest BCUT2D eigenvalue weighted by atomic mass is 16.5. The van der Waals surface area contributed by atoms with E-state index in [9.17, 15) is 14.4 Å². The molecule has 0 spiro atoms. The molecule has 0 saturated heterocycles. The smallest absolute Gasteiger partial charge is 0.362 e. The third kappa shape index (κ3) is 5.81. The van der Waals surface area contributed by atoms with Crippen LogP contribution in [0.2, 0.25) is 0 Å². The van der Waals surface area contributed by atoms with Crippen molar-refractivity contribution in [2.24, 2.45) is 0 Å². The maximum absolute atomic E-state index is 12.6. The lowest BCUT2D eigenvalue weighted by Gasteiger charge is -2.07. The fraction of sp³-hybridized carbons (Fsp3) is 0.250. The van der Waals surface area contributed by atoms with Gasteiger partial charge in [0.2, 0.25) is 11.6 Å². The number of amides is 1. The Morgan fingerprint density at radius 3 is 2.38 bits per heavy atom. The number of hydrogen-bond acceptors (Lipinski definition) is 6. The standard InChI is InChI=1S/C24H25N3O5/c1-3-8-22(29)25-18-13-11-17(12-14-18)20(28)16-32-21-15-27(19-9-6-5-7-10-19)26-23(21)24(30)31-4-2/h5-7,9-15H,3-4,8,16H2,1-2H3,(H,25,29). The van der Waals surface area contributed by atoms with Crippen molar-refractivity contribution in [1.29, 1.82) is 0 Å². The molecule has 166 valence electrons. The zero-order valence-corrected chi connectivity index (χ0v) is 18.0. The number of carbonyl (C=O) groups excluding carboxylic acids is 3. The van der Waals surface area contributed by atoms with Crippen LogP contribution in [0.15, 0.2) is 60.8 Å². The maximum Gasteiger partial charge on any atom is 0.362 e. The highest BCUT2D eigenvalue weighted by Crippen LogP contribution is 2.21. The van der Waals surface area contributed by atoms with Crippen molar-refractivity contribution in [1.82, 2.24) is 9.78 Å². The molecule has 0 atom stereocenters. The van der Waals surface area contributed by atoms with E-state index in [1.54, 1.807) is 37.4 Å². The lowest BCUT2D eigenvalue weighted by atomic mass is 10.1. The number of hydrogen-bond donors (Lipinski definition) is 1. The van der Waals surface area contributed by atoms with Gasteiger partial charge in [-0.05, 0) is 49.7 Å². The Hall–Kier alpha value is -3.94. The first-order chi connectivity index (χ1) is 15.5. The lowest BCUT2D eigenvalue weighted by Crippen LogP contribution is -2.14. The van der Waals surface area contributed by atoms with Crippen LogP contribution in [0.5, 0.6) is 5.75 Å². The quantitative estimate of drug-likeness (QED) is 0.381. The van der Waals surface area contributed by atoms with E-state index in [1.165, 1.54) is 4.68 Å². The summed E-state index contributed by atoms with van der Waals surface area (Å²) in [6.07, 6.45) is 2.74. The van der Waals surface area contributed by atoms with E-state index in [0.29, 0.717) is 17.7 Å². The van der Waals surface area contributed by atoms with Crippen LogP contribution < -0.4 is 10.1 Å². The molecule has 1 aromatic heterocycles. The molecule has 0 radical (unpaired) electrons. The molecule has 1 N–H and O–H groups in total. The minimum Gasteiger partial charge on any atom is -0.481 e. The number of nitrogens with zero attached hydrogens (tertiary/aromatic N) is 2. The van der Waals surface area contributed by atoms with E-state index in [0.717, 1.165) is 12.1 Å². The summed E-state index contributed by atoms with van der Waals surface area (Å²) in [7, 11) is 0. The number of esters is 1. The Balaban J connectivity index is 1.71. The molecule has 2 aromatic carbocycles. The first-order valence-electron chi connectivity index (χ1n) is 10.4. The van der Waals surface area contributed by atoms with Crippen molar-refractivity contribution < 1.29 is 23.9 Å². The average Bonchev–Trinajstić information content (AvgIpc) is 3.23. The van der Waals surface area contributed by atoms with E-state index in [-0.39, 0.29) is 36.3 Å². The number of ether oxygens (including phenoxy) is 2. The van der Waals surface area contributed by atoms with E-state index >= 15 is 0 Å². The number of para-hydroxylation sites is 1. The minimum absolute atomic E-state index is 0.00233. The van der Waals surface area contributed by atoms with Gasteiger partial charge in [-0.2, -0.15) is 5.10 Å². The second-order valence-electron chi connectivity index (χ2n) is 6.93. The number of ketones is 1. The summed E-state index contributed by atoms with van der Waals surface area (Å²) in [5.74, 6) is -0.823. The van der Waals surface area contributed by atoms with Gasteiger partial charge < -0.3 is 14.8 Å². The molecule has 8 nitrogen and oxygen atoms in total. The monoisotopic (exact) mass is 435 g/mol. The number of anilines is 1. The third-order valence-corrected chi connectivity index (χ3v) is 4.50. The van der Waals surface area contributed by atoms with Crippen molar-refractivity contribution in [3.05, 3.63) is 72.1 Å². The highest BCUT2D eigenvalue weighted by Gasteiger charge is 2.21. The Bertz CT molecular complexity index is 1070. The van der Waals surface area contributed by atoms with Crippen molar-refractivity contribution >= 4 is 23.3 Å². The predicted molar refractivity (Wildman–Crippen MR) is 119 cm³/mol. The van der Waals surface area contributed by atoms with Gasteiger partial charge in [-0.25, -0.2) is 9.48 Å². The van der Waals surface area contributed by atoms with Crippen molar-refractivity contribution in [2.75, 3.05) is 18.5 Å². The molecule has 32 heavy (non-hydrogen) atoms. The Morgan fingerprint density at radius 2 is 1.72 bits per heavy atom. The van der Waals surface area contributed by atoms with Gasteiger partial charge in [0.05, 0.1) is 18.5 Å². The van der Waals surface area contributed by atoms with Crippen LogP contribution in [-0.4, -0.2) is 40.7 Å². The number of aromatic nitrogens is 2. The van der Waals surface area contributed by atoms with Crippen LogP contribution in [0.25, 0.3) is 5.69 Å². The van der Waals surface area contributed by atoms with E-state index in [1.807, 2.05) is 37.3 Å². The van der Waals surface area contributed by atoms with Crippen LogP contribution in [0.3, 0.4) is 0 Å². The Kier molecular flexibility index (Phi) is 7.75. The summed E-state index contributed by atoms with van der Waals surface area (Å²) < 4.78 is 12.2. The second kappa shape index (κ2) is 10.9. The third-order valence-electron chi connectivity index (χ3n) is 4.50. The minimum atomic E-state index is -0.628. The van der Waals surface area contributed by atoms with Gasteiger partial charge in [0.25, 0.3) is 0 Å². The van der Waals surface area contributed by atoms with Crippen molar-refractivity contribution in [3.63, 3.8) is 0 Å². The zero-order chi connectivity index (χ0) is 22.9. The molecule has 1 heterocycles. The fourth-order valence-electron chi connectivity index (χ4n) is 2.93. The lowest BCUT2D eigenvalue weighted by molar-refractivity contribution is -0.116. The number of benzene rings is 2. The molecule has 0 fully saturated rings. The molecule has 0 aliphatic carbocycles. The molecule has 0 saturated carbocycles. The topological polar surface area (TPSA) is 99.5 Å². The molecule has 0 aliphatic rings. The van der Waals surface area contributed by atoms with Gasteiger partial charge >= 0.3 is 5.97 Å². The van der Waals surface area contributed by atoms with Gasteiger partial charge in [-0.1, -0.05) is 25.1 Å². The van der Waals surface area contributed by atoms with E-state index in [4.69, 9.17) is 9.47 Å². The highest BCUT2D eigenvalue weighted by molar-refractivity contribution is 5.98. The average molecular weight is 435 g/mol. The summed E-state index contributed by atoms with van der Waals surface area (Å²) in [6.45, 7) is 3.54. The first kappa shape index (κ1) is 22.7. The number of rotatable bonds is 10. The summed E-state index contributed by atoms with van der Waals surface area (Å²) in [5, 5.41) is 7.04. The Labute approximate surface area is 186 Å². The van der Waals surface area contributed by atoms with E-state index in [2.05, 4.69) is 10.4 Å². The van der Waals surface area contributed by atoms with Gasteiger partial charge in [0.15, 0.2) is 18.1 Å². The molecule has 0 aliphatic heterocycles. The SMILES string of the molecule is CCCC(=O)Nc1ccc(C(=O)COc2cn(-c3ccccc3)nc2C(=O)OCC)cc1. The molecule has 3 aromatic rings. The number of nitrogens with one attached hydrogen (secondary N) is 1. The molecule has 8 heteroatoms. The molecule has 1 amide bonds. The van der Waals surface area contributed by atoms with Crippen LogP contribution in [-0.2, 0) is 9.53 Å². The van der Waals surface area contributed by atoms with Gasteiger partial charge in [-0.15, -0.1) is 0 Å². The van der Waals surface area contributed by atoms with Gasteiger partial charge in [-0.3, -0.25) is 9.59 Å².